The van der Waals surface area contributed by atoms with Crippen LogP contribution in [0, 0.1) is 5.82 Å². The molecule has 0 atom stereocenters. The number of rotatable bonds is 5. The molecule has 0 bridgehead atoms. The number of hydrogen-bond donors (Lipinski definition) is 1. The monoisotopic (exact) mass is 260 g/mol. The summed E-state index contributed by atoms with van der Waals surface area (Å²) >= 11 is 0. The standard InChI is InChI=1S/C15H17FN2O/c1-3-17-10-12-8-13(16)4-5-14(12)11-6-7-18-15(9-11)19-2/h4-9,17H,3,10H2,1-2H3. The van der Waals surface area contributed by atoms with Gasteiger partial charge in [0, 0.05) is 18.8 Å². The van der Waals surface area contributed by atoms with Crippen LogP contribution in [0.2, 0.25) is 0 Å². The fraction of sp³-hybridized carbons (Fsp3) is 0.267. The van der Waals surface area contributed by atoms with Gasteiger partial charge in [-0.2, -0.15) is 0 Å². The van der Waals surface area contributed by atoms with Crippen molar-refractivity contribution >= 4 is 0 Å². The first-order chi connectivity index (χ1) is 9.24. The molecule has 0 saturated heterocycles. The fourth-order valence-electron chi connectivity index (χ4n) is 1.94. The molecule has 0 amide bonds. The van der Waals surface area contributed by atoms with Crippen molar-refractivity contribution in [2.24, 2.45) is 0 Å². The molecule has 0 saturated carbocycles. The summed E-state index contributed by atoms with van der Waals surface area (Å²) in [5.41, 5.74) is 2.89. The molecule has 0 radical (unpaired) electrons. The average Bonchev–Trinajstić information content (AvgIpc) is 2.45. The van der Waals surface area contributed by atoms with Gasteiger partial charge in [0.25, 0.3) is 0 Å². The van der Waals surface area contributed by atoms with Crippen LogP contribution in [-0.4, -0.2) is 18.6 Å². The van der Waals surface area contributed by atoms with Crippen LogP contribution in [0.15, 0.2) is 36.5 Å². The Morgan fingerprint density at radius 2 is 2.11 bits per heavy atom. The van der Waals surface area contributed by atoms with E-state index in [2.05, 4.69) is 10.3 Å². The van der Waals surface area contributed by atoms with Gasteiger partial charge < -0.3 is 10.1 Å². The zero-order chi connectivity index (χ0) is 13.7. The highest BCUT2D eigenvalue weighted by Gasteiger charge is 2.07. The third-order valence-corrected chi connectivity index (χ3v) is 2.89. The van der Waals surface area contributed by atoms with Crippen LogP contribution in [0.25, 0.3) is 11.1 Å². The minimum atomic E-state index is -0.224. The molecular formula is C15H17FN2O. The van der Waals surface area contributed by atoms with Gasteiger partial charge >= 0.3 is 0 Å². The largest absolute Gasteiger partial charge is 0.481 e. The Kier molecular flexibility index (Phi) is 4.47. The Balaban J connectivity index is 2.41. The number of nitrogens with zero attached hydrogens (tertiary/aromatic N) is 1. The highest BCUT2D eigenvalue weighted by Crippen LogP contribution is 2.26. The molecule has 1 aromatic heterocycles. The summed E-state index contributed by atoms with van der Waals surface area (Å²) in [5, 5.41) is 3.22. The van der Waals surface area contributed by atoms with Gasteiger partial charge in [-0.1, -0.05) is 13.0 Å². The van der Waals surface area contributed by atoms with Gasteiger partial charge in [0.1, 0.15) is 5.82 Å². The Labute approximate surface area is 112 Å². The van der Waals surface area contributed by atoms with Crippen LogP contribution in [0.5, 0.6) is 5.88 Å². The first-order valence-corrected chi connectivity index (χ1v) is 6.24. The predicted octanol–water partition coefficient (Wildman–Crippen LogP) is 3.01. The molecule has 100 valence electrons. The molecule has 3 nitrogen and oxygen atoms in total. The lowest BCUT2D eigenvalue weighted by atomic mass is 10.0. The van der Waals surface area contributed by atoms with Crippen LogP contribution in [-0.2, 0) is 6.54 Å². The predicted molar refractivity (Wildman–Crippen MR) is 73.6 cm³/mol. The fourth-order valence-corrected chi connectivity index (χ4v) is 1.94. The van der Waals surface area contributed by atoms with E-state index in [-0.39, 0.29) is 5.82 Å². The molecular weight excluding hydrogens is 243 g/mol. The lowest BCUT2D eigenvalue weighted by Crippen LogP contribution is -2.12. The van der Waals surface area contributed by atoms with E-state index in [1.54, 1.807) is 25.4 Å². The third-order valence-electron chi connectivity index (χ3n) is 2.89. The van der Waals surface area contributed by atoms with Gasteiger partial charge in [-0.25, -0.2) is 9.37 Å². The van der Waals surface area contributed by atoms with Gasteiger partial charge in [0.05, 0.1) is 7.11 Å². The van der Waals surface area contributed by atoms with Crippen molar-refractivity contribution in [3.63, 3.8) is 0 Å². The third kappa shape index (κ3) is 3.29. The van der Waals surface area contributed by atoms with Crippen molar-refractivity contribution in [1.29, 1.82) is 0 Å². The average molecular weight is 260 g/mol. The number of hydrogen-bond acceptors (Lipinski definition) is 3. The van der Waals surface area contributed by atoms with Gasteiger partial charge in [0.15, 0.2) is 0 Å². The maximum Gasteiger partial charge on any atom is 0.213 e. The number of benzene rings is 1. The topological polar surface area (TPSA) is 34.2 Å². The number of aromatic nitrogens is 1. The summed E-state index contributed by atoms with van der Waals surface area (Å²) in [7, 11) is 1.58. The molecule has 0 spiro atoms. The molecule has 4 heteroatoms. The maximum atomic E-state index is 13.4. The van der Waals surface area contributed by atoms with Crippen molar-refractivity contribution < 1.29 is 9.13 Å². The molecule has 2 rings (SSSR count). The second kappa shape index (κ2) is 6.29. The molecule has 19 heavy (non-hydrogen) atoms. The van der Waals surface area contributed by atoms with E-state index in [0.29, 0.717) is 12.4 Å². The summed E-state index contributed by atoms with van der Waals surface area (Å²) in [4.78, 5) is 4.08. The Bertz CT molecular complexity index is 558. The first-order valence-electron chi connectivity index (χ1n) is 6.24. The van der Waals surface area contributed by atoms with E-state index in [1.165, 1.54) is 6.07 Å². The normalized spacial score (nSPS) is 10.5. The van der Waals surface area contributed by atoms with Crippen molar-refractivity contribution in [3.05, 3.63) is 47.9 Å². The molecule has 1 aromatic carbocycles. The second-order valence-corrected chi connectivity index (χ2v) is 4.17. The van der Waals surface area contributed by atoms with Crippen LogP contribution in [0.4, 0.5) is 4.39 Å². The van der Waals surface area contributed by atoms with E-state index < -0.39 is 0 Å². The molecule has 2 aromatic rings. The lowest BCUT2D eigenvalue weighted by Gasteiger charge is -2.11. The minimum Gasteiger partial charge on any atom is -0.481 e. The zero-order valence-electron chi connectivity index (χ0n) is 11.1. The van der Waals surface area contributed by atoms with E-state index in [9.17, 15) is 4.39 Å². The highest BCUT2D eigenvalue weighted by molar-refractivity contribution is 5.68. The maximum absolute atomic E-state index is 13.4. The first kappa shape index (κ1) is 13.5. The Hall–Kier alpha value is -1.94. The minimum absolute atomic E-state index is 0.224. The van der Waals surface area contributed by atoms with Crippen molar-refractivity contribution in [3.8, 4) is 17.0 Å². The van der Waals surface area contributed by atoms with E-state index >= 15 is 0 Å². The molecule has 0 unspecified atom stereocenters. The quantitative estimate of drug-likeness (QED) is 0.897. The number of nitrogens with one attached hydrogen (secondary N) is 1. The van der Waals surface area contributed by atoms with Crippen LogP contribution in [0.3, 0.4) is 0 Å². The molecule has 0 aliphatic heterocycles. The van der Waals surface area contributed by atoms with Gasteiger partial charge in [-0.05, 0) is 41.4 Å². The molecule has 0 aliphatic carbocycles. The summed E-state index contributed by atoms with van der Waals surface area (Å²) in [6.07, 6.45) is 1.69. The van der Waals surface area contributed by atoms with Crippen LogP contribution < -0.4 is 10.1 Å². The molecule has 0 fully saturated rings. The molecule has 1 N–H and O–H groups in total. The lowest BCUT2D eigenvalue weighted by molar-refractivity contribution is 0.398. The van der Waals surface area contributed by atoms with Crippen LogP contribution in [0.1, 0.15) is 12.5 Å². The summed E-state index contributed by atoms with van der Waals surface area (Å²) in [5.74, 6) is 0.328. The number of pyridine rings is 1. The highest BCUT2D eigenvalue weighted by atomic mass is 19.1. The van der Waals surface area contributed by atoms with Crippen molar-refractivity contribution in [2.45, 2.75) is 13.5 Å². The Morgan fingerprint density at radius 1 is 1.26 bits per heavy atom. The second-order valence-electron chi connectivity index (χ2n) is 4.17. The van der Waals surface area contributed by atoms with Crippen molar-refractivity contribution in [2.75, 3.05) is 13.7 Å². The summed E-state index contributed by atoms with van der Waals surface area (Å²) in [6, 6.07) is 8.56. The summed E-state index contributed by atoms with van der Waals surface area (Å²) < 4.78 is 18.5. The van der Waals surface area contributed by atoms with Crippen LogP contribution >= 0.6 is 0 Å². The SMILES string of the molecule is CCNCc1cc(F)ccc1-c1ccnc(OC)c1. The van der Waals surface area contributed by atoms with Gasteiger partial charge in [-0.3, -0.25) is 0 Å². The number of ether oxygens (including phenoxy) is 1. The summed E-state index contributed by atoms with van der Waals surface area (Å²) in [6.45, 7) is 3.50. The zero-order valence-corrected chi connectivity index (χ0v) is 11.1. The Morgan fingerprint density at radius 3 is 2.84 bits per heavy atom. The van der Waals surface area contributed by atoms with E-state index in [1.807, 2.05) is 19.1 Å². The smallest absolute Gasteiger partial charge is 0.213 e. The van der Waals surface area contributed by atoms with Crippen molar-refractivity contribution in [1.82, 2.24) is 10.3 Å². The number of halogens is 1. The van der Waals surface area contributed by atoms with Gasteiger partial charge in [0.2, 0.25) is 5.88 Å². The van der Waals surface area contributed by atoms with E-state index in [0.717, 1.165) is 23.2 Å². The molecule has 0 aliphatic rings. The number of methoxy groups -OCH3 is 1. The molecule has 1 heterocycles. The van der Waals surface area contributed by atoms with Gasteiger partial charge in [-0.15, -0.1) is 0 Å². The van der Waals surface area contributed by atoms with E-state index in [4.69, 9.17) is 4.74 Å².